The molecule has 0 bridgehead atoms. The first-order valence-corrected chi connectivity index (χ1v) is 13.0. The third-order valence-electron chi connectivity index (χ3n) is 5.20. The number of carbonyl (C=O) groups is 1. The fraction of sp³-hybridized carbons (Fsp3) is 0.269. The van der Waals surface area contributed by atoms with Crippen molar-refractivity contribution in [2.45, 2.75) is 33.1 Å². The molecule has 0 atom stereocenters. The fourth-order valence-corrected chi connectivity index (χ4v) is 3.87. The lowest BCUT2D eigenvalue weighted by Gasteiger charge is -2.24. The number of nitrogens with one attached hydrogen (secondary N) is 2. The maximum Gasteiger partial charge on any atom is 0.255 e. The van der Waals surface area contributed by atoms with Crippen LogP contribution in [-0.4, -0.2) is 37.7 Å². The number of nitrogens with zero attached hydrogens (tertiary/aromatic N) is 2. The van der Waals surface area contributed by atoms with Gasteiger partial charge in [0.2, 0.25) is 15.9 Å². The predicted octanol–water partition coefficient (Wildman–Crippen LogP) is 5.15. The van der Waals surface area contributed by atoms with Crippen LogP contribution >= 0.6 is 0 Å². The molecule has 1 heterocycles. The van der Waals surface area contributed by atoms with Crippen molar-refractivity contribution in [3.05, 3.63) is 71.7 Å². The number of carbonyl (C=O) groups excluding carboxylic acids is 1. The third-order valence-corrected chi connectivity index (χ3v) is 5.79. The molecule has 3 aromatic rings. The fourth-order valence-electron chi connectivity index (χ4n) is 3.32. The van der Waals surface area contributed by atoms with Gasteiger partial charge < -0.3 is 14.8 Å². The van der Waals surface area contributed by atoms with Crippen LogP contribution in [0.1, 0.15) is 48.1 Å². The highest BCUT2D eigenvalue weighted by molar-refractivity contribution is 7.92. The smallest absolute Gasteiger partial charge is 0.255 e. The van der Waals surface area contributed by atoms with Crippen LogP contribution in [0.4, 0.5) is 11.4 Å². The average molecular weight is 511 g/mol. The lowest BCUT2D eigenvalue weighted by Crippen LogP contribution is -2.18. The van der Waals surface area contributed by atoms with Gasteiger partial charge in [-0.15, -0.1) is 0 Å². The summed E-state index contributed by atoms with van der Waals surface area (Å²) >= 11 is 0. The highest BCUT2D eigenvalue weighted by Crippen LogP contribution is 2.39. The van der Waals surface area contributed by atoms with Crippen molar-refractivity contribution in [3.8, 4) is 17.4 Å². The van der Waals surface area contributed by atoms with E-state index in [2.05, 4.69) is 26.6 Å². The molecule has 0 radical (unpaired) electrons. The van der Waals surface area contributed by atoms with Gasteiger partial charge in [0.15, 0.2) is 11.6 Å². The topological polar surface area (TPSA) is 120 Å². The number of hydrogen-bond donors (Lipinski definition) is 2. The number of ether oxygens (including phenoxy) is 2. The van der Waals surface area contributed by atoms with Gasteiger partial charge in [-0.25, -0.2) is 13.4 Å². The second-order valence-electron chi connectivity index (χ2n) is 9.22. The van der Waals surface area contributed by atoms with Gasteiger partial charge in [-0.3, -0.25) is 9.52 Å². The van der Waals surface area contributed by atoms with E-state index in [9.17, 15) is 13.2 Å². The first kappa shape index (κ1) is 26.7. The van der Waals surface area contributed by atoms with Crippen LogP contribution in [0.2, 0.25) is 0 Å². The Morgan fingerprint density at radius 3 is 2.42 bits per heavy atom. The van der Waals surface area contributed by atoms with E-state index in [-0.39, 0.29) is 16.9 Å². The van der Waals surface area contributed by atoms with Crippen LogP contribution in [0.5, 0.6) is 17.4 Å². The van der Waals surface area contributed by atoms with Crippen molar-refractivity contribution in [1.29, 1.82) is 0 Å². The van der Waals surface area contributed by atoms with Crippen LogP contribution in [0, 0.1) is 6.92 Å². The van der Waals surface area contributed by atoms with E-state index in [0.29, 0.717) is 28.7 Å². The molecule has 2 aromatic carbocycles. The monoisotopic (exact) mass is 510 g/mol. The number of benzene rings is 2. The molecular weight excluding hydrogens is 480 g/mol. The molecule has 1 aromatic heterocycles. The summed E-state index contributed by atoms with van der Waals surface area (Å²) in [5.41, 5.74) is 2.17. The molecular formula is C26H30N4O5S. The number of hydrogen-bond acceptors (Lipinski definition) is 7. The third kappa shape index (κ3) is 6.60. The number of rotatable bonds is 8. The summed E-state index contributed by atoms with van der Waals surface area (Å²) < 4.78 is 37.8. The maximum atomic E-state index is 13.3. The Hall–Kier alpha value is -3.92. The molecule has 0 unspecified atom stereocenters. The van der Waals surface area contributed by atoms with E-state index in [4.69, 9.17) is 9.47 Å². The highest BCUT2D eigenvalue weighted by atomic mass is 32.2. The Kier molecular flexibility index (Phi) is 7.68. The summed E-state index contributed by atoms with van der Waals surface area (Å²) in [5.74, 6) is 0.957. The van der Waals surface area contributed by atoms with Crippen LogP contribution < -0.4 is 19.5 Å². The standard InChI is InChI=1S/C26H30N4O5S/c1-8-22-27-12-11-23(29-22)35-21-13-17(10-9-16(21)2)25(31)28-19-14-18(26(3,4)5)15-20(24(19)34-6)30-36(7,32)33/h8-15,30H,1H2,2-7H3,(H,28,31). The van der Waals surface area contributed by atoms with Crippen LogP contribution in [0.25, 0.3) is 6.08 Å². The largest absolute Gasteiger partial charge is 0.492 e. The molecule has 190 valence electrons. The van der Waals surface area contributed by atoms with Gasteiger partial charge in [-0.2, -0.15) is 4.98 Å². The number of methoxy groups -OCH3 is 1. The molecule has 2 N–H and O–H groups in total. The summed E-state index contributed by atoms with van der Waals surface area (Å²) in [4.78, 5) is 21.6. The maximum absolute atomic E-state index is 13.3. The Balaban J connectivity index is 1.98. The van der Waals surface area contributed by atoms with E-state index in [1.54, 1.807) is 42.6 Å². The van der Waals surface area contributed by atoms with E-state index < -0.39 is 15.9 Å². The molecule has 0 aliphatic heterocycles. The molecule has 36 heavy (non-hydrogen) atoms. The lowest BCUT2D eigenvalue weighted by molar-refractivity contribution is 0.102. The van der Waals surface area contributed by atoms with E-state index in [1.807, 2.05) is 27.7 Å². The van der Waals surface area contributed by atoms with Crippen molar-refractivity contribution in [1.82, 2.24) is 9.97 Å². The number of anilines is 2. The molecule has 1 amide bonds. The Labute approximate surface area is 211 Å². The average Bonchev–Trinajstić information content (AvgIpc) is 2.78. The van der Waals surface area contributed by atoms with E-state index in [1.165, 1.54) is 13.2 Å². The molecule has 0 spiro atoms. The zero-order valence-electron chi connectivity index (χ0n) is 21.2. The zero-order valence-corrected chi connectivity index (χ0v) is 22.0. The van der Waals surface area contributed by atoms with Crippen molar-refractivity contribution in [2.24, 2.45) is 0 Å². The van der Waals surface area contributed by atoms with Crippen molar-refractivity contribution < 1.29 is 22.7 Å². The highest BCUT2D eigenvalue weighted by Gasteiger charge is 2.22. The number of amides is 1. The van der Waals surface area contributed by atoms with Crippen molar-refractivity contribution >= 4 is 33.4 Å². The first-order valence-electron chi connectivity index (χ1n) is 11.1. The van der Waals surface area contributed by atoms with Crippen molar-refractivity contribution in [3.63, 3.8) is 0 Å². The molecule has 9 nitrogen and oxygen atoms in total. The molecule has 0 fully saturated rings. The molecule has 0 aliphatic rings. The Morgan fingerprint density at radius 2 is 1.81 bits per heavy atom. The first-order chi connectivity index (χ1) is 16.8. The quantitative estimate of drug-likeness (QED) is 0.430. The number of sulfonamides is 1. The van der Waals surface area contributed by atoms with Gasteiger partial charge in [0.05, 0.1) is 24.7 Å². The summed E-state index contributed by atoms with van der Waals surface area (Å²) in [5, 5.41) is 2.85. The Morgan fingerprint density at radius 1 is 1.11 bits per heavy atom. The predicted molar refractivity (Wildman–Crippen MR) is 141 cm³/mol. The lowest BCUT2D eigenvalue weighted by atomic mass is 9.86. The summed E-state index contributed by atoms with van der Waals surface area (Å²) in [6.07, 6.45) is 4.12. The Bertz CT molecular complexity index is 1410. The zero-order chi connectivity index (χ0) is 26.7. The molecule has 0 saturated heterocycles. The molecule has 3 rings (SSSR count). The van der Waals surface area contributed by atoms with Crippen molar-refractivity contribution in [2.75, 3.05) is 23.4 Å². The SMILES string of the molecule is C=Cc1nccc(Oc2cc(C(=O)Nc3cc(C(C)(C)C)cc(NS(C)(=O)=O)c3OC)ccc2C)n1. The van der Waals surface area contributed by atoms with Gasteiger partial charge in [0, 0.05) is 17.8 Å². The van der Waals surface area contributed by atoms with Gasteiger partial charge in [0.1, 0.15) is 5.75 Å². The second-order valence-corrected chi connectivity index (χ2v) is 11.0. The summed E-state index contributed by atoms with van der Waals surface area (Å²) in [6.45, 7) is 11.5. The summed E-state index contributed by atoms with van der Waals surface area (Å²) in [6, 6.07) is 10.1. The van der Waals surface area contributed by atoms with E-state index >= 15 is 0 Å². The van der Waals surface area contributed by atoms with Gasteiger partial charge >= 0.3 is 0 Å². The minimum atomic E-state index is -3.59. The minimum absolute atomic E-state index is 0.198. The normalized spacial score (nSPS) is 11.5. The summed E-state index contributed by atoms with van der Waals surface area (Å²) in [7, 11) is -2.18. The van der Waals surface area contributed by atoms with Crippen LogP contribution in [0.15, 0.2) is 49.2 Å². The number of aromatic nitrogens is 2. The van der Waals surface area contributed by atoms with E-state index in [0.717, 1.165) is 17.4 Å². The second kappa shape index (κ2) is 10.4. The minimum Gasteiger partial charge on any atom is -0.492 e. The van der Waals surface area contributed by atoms with Crippen LogP contribution in [0.3, 0.4) is 0 Å². The molecule has 10 heteroatoms. The molecule has 0 saturated carbocycles. The molecule has 0 aliphatic carbocycles. The van der Waals surface area contributed by atoms with Crippen LogP contribution in [-0.2, 0) is 15.4 Å². The van der Waals surface area contributed by atoms with Gasteiger partial charge in [-0.05, 0) is 53.8 Å². The van der Waals surface area contributed by atoms with Gasteiger partial charge in [0.25, 0.3) is 5.91 Å². The van der Waals surface area contributed by atoms with Gasteiger partial charge in [-0.1, -0.05) is 33.4 Å². The number of aryl methyl sites for hydroxylation is 1.